The fourth-order valence-corrected chi connectivity index (χ4v) is 3.61. The molecular formula is C22H17ClF4N6. The average Bonchev–Trinajstić information content (AvgIpc) is 3.15. The number of benzene rings is 2. The van der Waals surface area contributed by atoms with Gasteiger partial charge in [-0.15, -0.1) is 5.10 Å². The molecule has 0 saturated carbocycles. The van der Waals surface area contributed by atoms with Gasteiger partial charge in [-0.25, -0.2) is 9.97 Å². The van der Waals surface area contributed by atoms with E-state index in [2.05, 4.69) is 15.1 Å². The number of nitrogens with zero attached hydrogens (tertiary/aromatic N) is 4. The van der Waals surface area contributed by atoms with Crippen LogP contribution in [-0.4, -0.2) is 26.3 Å². The lowest BCUT2D eigenvalue weighted by molar-refractivity contribution is -0.137. The van der Waals surface area contributed by atoms with Crippen LogP contribution < -0.4 is 11.5 Å². The van der Waals surface area contributed by atoms with Crippen LogP contribution in [0.25, 0.3) is 22.4 Å². The summed E-state index contributed by atoms with van der Waals surface area (Å²) >= 11 is 5.96. The molecule has 1 unspecified atom stereocenters. The largest absolute Gasteiger partial charge is 0.416 e. The summed E-state index contributed by atoms with van der Waals surface area (Å²) in [5, 5.41) is 4.42. The van der Waals surface area contributed by atoms with Gasteiger partial charge in [0.1, 0.15) is 12.1 Å². The Hall–Kier alpha value is -3.50. The molecule has 2 aromatic heterocycles. The molecular weight excluding hydrogens is 460 g/mol. The minimum atomic E-state index is -4.47. The van der Waals surface area contributed by atoms with Crippen molar-refractivity contribution in [2.75, 3.05) is 12.3 Å². The fraction of sp³-hybridized carbons (Fsp3) is 0.136. The second-order valence-corrected chi connectivity index (χ2v) is 7.61. The molecule has 4 rings (SSSR count). The number of alkyl halides is 3. The Balaban J connectivity index is 1.76. The Labute approximate surface area is 190 Å². The van der Waals surface area contributed by atoms with E-state index >= 15 is 0 Å². The number of anilines is 1. The monoisotopic (exact) mass is 476 g/mol. The van der Waals surface area contributed by atoms with E-state index in [1.54, 1.807) is 24.3 Å². The Morgan fingerprint density at radius 3 is 2.27 bits per heavy atom. The first-order chi connectivity index (χ1) is 15.7. The van der Waals surface area contributed by atoms with Gasteiger partial charge < -0.3 is 11.5 Å². The summed E-state index contributed by atoms with van der Waals surface area (Å²) in [4.78, 5) is 8.21. The van der Waals surface area contributed by atoms with Gasteiger partial charge in [-0.3, -0.25) is 4.68 Å². The average molecular weight is 477 g/mol. The van der Waals surface area contributed by atoms with Gasteiger partial charge in [-0.2, -0.15) is 17.6 Å². The molecule has 0 fully saturated rings. The highest BCUT2D eigenvalue weighted by Crippen LogP contribution is 2.36. The van der Waals surface area contributed by atoms with Crippen molar-refractivity contribution < 1.29 is 17.6 Å². The van der Waals surface area contributed by atoms with Crippen LogP contribution in [0.3, 0.4) is 0 Å². The third-order valence-electron chi connectivity index (χ3n) is 5.12. The lowest BCUT2D eigenvalue weighted by Crippen LogP contribution is -2.21. The van der Waals surface area contributed by atoms with Gasteiger partial charge >= 0.3 is 6.18 Å². The molecule has 0 amide bonds. The van der Waals surface area contributed by atoms with Gasteiger partial charge in [0.2, 0.25) is 5.95 Å². The van der Waals surface area contributed by atoms with Crippen LogP contribution in [0.5, 0.6) is 0 Å². The number of rotatable bonds is 5. The van der Waals surface area contributed by atoms with Gasteiger partial charge in [-0.1, -0.05) is 35.9 Å². The van der Waals surface area contributed by atoms with Crippen molar-refractivity contribution in [3.05, 3.63) is 83.2 Å². The Kier molecular flexibility index (Phi) is 6.05. The molecule has 0 aliphatic heterocycles. The summed E-state index contributed by atoms with van der Waals surface area (Å²) in [5.74, 6) is -0.707. The van der Waals surface area contributed by atoms with Crippen molar-refractivity contribution in [1.29, 1.82) is 0 Å². The third kappa shape index (κ3) is 4.53. The number of hydrogen-bond acceptors (Lipinski definition) is 5. The summed E-state index contributed by atoms with van der Waals surface area (Å²) < 4.78 is 54.9. The predicted octanol–water partition coefficient (Wildman–Crippen LogP) is 4.95. The molecule has 0 bridgehead atoms. The summed E-state index contributed by atoms with van der Waals surface area (Å²) in [6.07, 6.45) is -1.87. The van der Waals surface area contributed by atoms with Gasteiger partial charge in [0.25, 0.3) is 0 Å². The maximum absolute atomic E-state index is 15.0. The van der Waals surface area contributed by atoms with Crippen molar-refractivity contribution in [1.82, 2.24) is 19.7 Å². The van der Waals surface area contributed by atoms with Crippen molar-refractivity contribution in [3.63, 3.8) is 0 Å². The van der Waals surface area contributed by atoms with Crippen LogP contribution in [-0.2, 0) is 6.18 Å². The molecule has 0 aliphatic rings. The Morgan fingerprint density at radius 2 is 1.67 bits per heavy atom. The smallest absolute Gasteiger partial charge is 0.383 e. The van der Waals surface area contributed by atoms with Crippen LogP contribution in [0, 0.1) is 5.95 Å². The van der Waals surface area contributed by atoms with Crippen molar-refractivity contribution in [3.8, 4) is 22.4 Å². The lowest BCUT2D eigenvalue weighted by atomic mass is 10.0. The topological polar surface area (TPSA) is 95.6 Å². The van der Waals surface area contributed by atoms with Crippen LogP contribution in [0.15, 0.2) is 61.1 Å². The molecule has 0 radical (unpaired) electrons. The predicted molar refractivity (Wildman–Crippen MR) is 117 cm³/mol. The molecule has 0 aliphatic carbocycles. The molecule has 4 N–H and O–H groups in total. The molecule has 2 heterocycles. The van der Waals surface area contributed by atoms with E-state index in [-0.39, 0.29) is 23.6 Å². The first kappa shape index (κ1) is 22.7. The summed E-state index contributed by atoms with van der Waals surface area (Å²) in [6, 6.07) is 10.5. The normalized spacial score (nSPS) is 12.7. The van der Waals surface area contributed by atoms with Crippen molar-refractivity contribution in [2.45, 2.75) is 12.2 Å². The molecule has 0 spiro atoms. The fourth-order valence-electron chi connectivity index (χ4n) is 3.48. The maximum atomic E-state index is 15.0. The van der Waals surface area contributed by atoms with Gasteiger partial charge in [0.15, 0.2) is 0 Å². The van der Waals surface area contributed by atoms with Crippen LogP contribution >= 0.6 is 11.6 Å². The zero-order valence-corrected chi connectivity index (χ0v) is 17.6. The van der Waals surface area contributed by atoms with E-state index in [1.807, 2.05) is 0 Å². The Bertz CT molecular complexity index is 1270. The molecule has 1 atom stereocenters. The van der Waals surface area contributed by atoms with Gasteiger partial charge in [-0.05, 0) is 35.4 Å². The van der Waals surface area contributed by atoms with Crippen LogP contribution in [0.2, 0.25) is 5.02 Å². The molecule has 0 saturated heterocycles. The van der Waals surface area contributed by atoms with Gasteiger partial charge in [0, 0.05) is 17.8 Å². The maximum Gasteiger partial charge on any atom is 0.416 e. The number of halogens is 5. The molecule has 4 aromatic rings. The van der Waals surface area contributed by atoms with Crippen LogP contribution in [0.4, 0.5) is 23.4 Å². The number of aromatic nitrogens is 4. The quantitative estimate of drug-likeness (QED) is 0.397. The standard InChI is InChI=1S/C22H17ClF4N6/c23-15-7-3-13(4-8-15)18-19(30-11-31-21(18)29)16-10-33(32-20(16)24)17(9-28)12-1-5-14(6-2-12)22(25,26)27/h1-8,10-11,17H,9,28H2,(H2,29,30,31). The van der Waals surface area contributed by atoms with Gasteiger partial charge in [0.05, 0.1) is 28.4 Å². The number of nitrogen functional groups attached to an aromatic ring is 1. The van der Waals surface area contributed by atoms with Crippen LogP contribution in [0.1, 0.15) is 17.2 Å². The molecule has 2 aromatic carbocycles. The highest BCUT2D eigenvalue weighted by atomic mass is 35.5. The first-order valence-electron chi connectivity index (χ1n) is 9.67. The zero-order valence-electron chi connectivity index (χ0n) is 16.9. The molecule has 33 heavy (non-hydrogen) atoms. The minimum Gasteiger partial charge on any atom is -0.383 e. The summed E-state index contributed by atoms with van der Waals surface area (Å²) in [5.41, 5.74) is 12.8. The molecule has 170 valence electrons. The number of nitrogens with two attached hydrogens (primary N) is 2. The SMILES string of the molecule is NCC(c1ccc(C(F)(F)F)cc1)n1cc(-c2ncnc(N)c2-c2ccc(Cl)cc2)c(F)n1. The zero-order chi connectivity index (χ0) is 23.8. The van der Waals surface area contributed by atoms with E-state index in [9.17, 15) is 17.6 Å². The van der Waals surface area contributed by atoms with Crippen molar-refractivity contribution >= 4 is 17.4 Å². The third-order valence-corrected chi connectivity index (χ3v) is 5.37. The summed E-state index contributed by atoms with van der Waals surface area (Å²) in [6.45, 7) is -0.0259. The number of hydrogen-bond donors (Lipinski definition) is 2. The highest BCUT2D eigenvalue weighted by molar-refractivity contribution is 6.30. The van der Waals surface area contributed by atoms with Crippen molar-refractivity contribution in [2.24, 2.45) is 5.73 Å². The van der Waals surface area contributed by atoms with E-state index in [0.29, 0.717) is 21.7 Å². The van der Waals surface area contributed by atoms with E-state index in [0.717, 1.165) is 12.1 Å². The second kappa shape index (κ2) is 8.80. The first-order valence-corrected chi connectivity index (χ1v) is 10.1. The molecule has 6 nitrogen and oxygen atoms in total. The highest BCUT2D eigenvalue weighted by Gasteiger charge is 2.30. The summed E-state index contributed by atoms with van der Waals surface area (Å²) in [7, 11) is 0. The van der Waals surface area contributed by atoms with E-state index in [4.69, 9.17) is 23.1 Å². The second-order valence-electron chi connectivity index (χ2n) is 7.17. The lowest BCUT2D eigenvalue weighted by Gasteiger charge is -2.17. The van der Waals surface area contributed by atoms with E-state index < -0.39 is 23.7 Å². The Morgan fingerprint density at radius 1 is 1.00 bits per heavy atom. The minimum absolute atomic E-state index is 0.0259. The van der Waals surface area contributed by atoms with E-state index in [1.165, 1.54) is 29.3 Å². The molecule has 11 heteroatoms.